The lowest BCUT2D eigenvalue weighted by atomic mass is 10.0. The minimum atomic E-state index is -0.0434. The molecule has 1 amide bonds. The van der Waals surface area contributed by atoms with Gasteiger partial charge in [-0.2, -0.15) is 0 Å². The molecule has 1 rings (SSSR count). The molecular formula is C12H24N2O. The molecule has 1 saturated heterocycles. The van der Waals surface area contributed by atoms with E-state index in [-0.39, 0.29) is 17.9 Å². The SMILES string of the molecule is CC1CCCN(C(=O)C(C)C(C)N)CC1. The summed E-state index contributed by atoms with van der Waals surface area (Å²) in [6.07, 6.45) is 3.52. The molecule has 0 spiro atoms. The molecule has 0 aromatic carbocycles. The molecule has 1 fully saturated rings. The molecule has 3 atom stereocenters. The van der Waals surface area contributed by atoms with Crippen molar-refractivity contribution in [1.82, 2.24) is 4.90 Å². The van der Waals surface area contributed by atoms with Gasteiger partial charge in [0.05, 0.1) is 5.92 Å². The van der Waals surface area contributed by atoms with Crippen LogP contribution in [0.4, 0.5) is 0 Å². The van der Waals surface area contributed by atoms with Crippen LogP contribution in [0.25, 0.3) is 0 Å². The second-order valence-electron chi connectivity index (χ2n) is 5.01. The van der Waals surface area contributed by atoms with Crippen molar-refractivity contribution in [2.45, 2.75) is 46.1 Å². The van der Waals surface area contributed by atoms with Crippen molar-refractivity contribution in [3.8, 4) is 0 Å². The number of nitrogens with zero attached hydrogens (tertiary/aromatic N) is 1. The van der Waals surface area contributed by atoms with Crippen molar-refractivity contribution in [1.29, 1.82) is 0 Å². The van der Waals surface area contributed by atoms with Gasteiger partial charge in [0.2, 0.25) is 5.91 Å². The Morgan fingerprint density at radius 1 is 1.33 bits per heavy atom. The first-order chi connectivity index (χ1) is 7.02. The van der Waals surface area contributed by atoms with E-state index in [1.807, 2.05) is 18.7 Å². The third-order valence-electron chi connectivity index (χ3n) is 3.51. The number of likely N-dealkylation sites (tertiary alicyclic amines) is 1. The minimum Gasteiger partial charge on any atom is -0.342 e. The van der Waals surface area contributed by atoms with E-state index in [0.29, 0.717) is 0 Å². The highest BCUT2D eigenvalue weighted by atomic mass is 16.2. The highest BCUT2D eigenvalue weighted by Crippen LogP contribution is 2.18. The first-order valence-electron chi connectivity index (χ1n) is 6.06. The fourth-order valence-corrected chi connectivity index (χ4v) is 2.00. The number of carbonyl (C=O) groups excluding carboxylic acids is 1. The maximum absolute atomic E-state index is 12.0. The van der Waals surface area contributed by atoms with Crippen LogP contribution in [0.1, 0.15) is 40.0 Å². The van der Waals surface area contributed by atoms with E-state index in [2.05, 4.69) is 6.92 Å². The maximum Gasteiger partial charge on any atom is 0.226 e. The van der Waals surface area contributed by atoms with Gasteiger partial charge in [0, 0.05) is 19.1 Å². The Kier molecular flexibility index (Phi) is 4.58. The average molecular weight is 212 g/mol. The van der Waals surface area contributed by atoms with E-state index in [0.717, 1.165) is 31.8 Å². The predicted molar refractivity (Wildman–Crippen MR) is 62.4 cm³/mol. The van der Waals surface area contributed by atoms with Crippen LogP contribution in [-0.4, -0.2) is 29.9 Å². The molecule has 3 nitrogen and oxygen atoms in total. The zero-order valence-electron chi connectivity index (χ0n) is 10.2. The Balaban J connectivity index is 2.52. The zero-order valence-corrected chi connectivity index (χ0v) is 10.2. The highest BCUT2D eigenvalue weighted by molar-refractivity contribution is 5.79. The summed E-state index contributed by atoms with van der Waals surface area (Å²) >= 11 is 0. The number of nitrogens with two attached hydrogens (primary N) is 1. The van der Waals surface area contributed by atoms with Crippen molar-refractivity contribution in [2.75, 3.05) is 13.1 Å². The second kappa shape index (κ2) is 5.50. The molecule has 0 saturated carbocycles. The van der Waals surface area contributed by atoms with Gasteiger partial charge in [-0.15, -0.1) is 0 Å². The molecule has 2 N–H and O–H groups in total. The van der Waals surface area contributed by atoms with Gasteiger partial charge in [0.1, 0.15) is 0 Å². The molecule has 0 bridgehead atoms. The molecule has 1 aliphatic heterocycles. The van der Waals surface area contributed by atoms with Crippen molar-refractivity contribution in [3.05, 3.63) is 0 Å². The molecule has 0 radical (unpaired) electrons. The van der Waals surface area contributed by atoms with Gasteiger partial charge in [-0.1, -0.05) is 13.8 Å². The highest BCUT2D eigenvalue weighted by Gasteiger charge is 2.24. The molecule has 3 unspecified atom stereocenters. The van der Waals surface area contributed by atoms with Crippen molar-refractivity contribution >= 4 is 5.91 Å². The van der Waals surface area contributed by atoms with Crippen LogP contribution in [0.15, 0.2) is 0 Å². The molecular weight excluding hydrogens is 188 g/mol. The molecule has 15 heavy (non-hydrogen) atoms. The molecule has 0 aliphatic carbocycles. The van der Waals surface area contributed by atoms with E-state index in [1.165, 1.54) is 6.42 Å². The number of hydrogen-bond donors (Lipinski definition) is 1. The minimum absolute atomic E-state index is 0.0431. The molecule has 0 aromatic rings. The van der Waals surface area contributed by atoms with Crippen LogP contribution in [-0.2, 0) is 4.79 Å². The summed E-state index contributed by atoms with van der Waals surface area (Å²) in [5, 5.41) is 0. The van der Waals surface area contributed by atoms with Crippen LogP contribution in [0.5, 0.6) is 0 Å². The van der Waals surface area contributed by atoms with Crippen LogP contribution in [0.3, 0.4) is 0 Å². The lowest BCUT2D eigenvalue weighted by Gasteiger charge is -2.25. The lowest BCUT2D eigenvalue weighted by molar-refractivity contribution is -0.135. The fraction of sp³-hybridized carbons (Fsp3) is 0.917. The molecule has 3 heteroatoms. The standard InChI is InChI=1S/C12H24N2O/c1-9-5-4-7-14(8-6-9)12(15)10(2)11(3)13/h9-11H,4-8,13H2,1-3H3. The van der Waals surface area contributed by atoms with Gasteiger partial charge in [0.25, 0.3) is 0 Å². The molecule has 88 valence electrons. The van der Waals surface area contributed by atoms with Crippen molar-refractivity contribution in [2.24, 2.45) is 17.6 Å². The van der Waals surface area contributed by atoms with E-state index in [1.54, 1.807) is 0 Å². The van der Waals surface area contributed by atoms with E-state index in [4.69, 9.17) is 5.73 Å². The number of hydrogen-bond acceptors (Lipinski definition) is 2. The number of amides is 1. The van der Waals surface area contributed by atoms with Crippen LogP contribution in [0.2, 0.25) is 0 Å². The average Bonchev–Trinajstić information content (AvgIpc) is 2.40. The first-order valence-corrected chi connectivity index (χ1v) is 6.06. The van der Waals surface area contributed by atoms with Gasteiger partial charge in [-0.25, -0.2) is 0 Å². The van der Waals surface area contributed by atoms with E-state index < -0.39 is 0 Å². The van der Waals surface area contributed by atoms with Crippen LogP contribution < -0.4 is 5.73 Å². The predicted octanol–water partition coefficient (Wildman–Crippen LogP) is 1.62. The lowest BCUT2D eigenvalue weighted by Crippen LogP contribution is -2.42. The molecule has 1 aliphatic rings. The Morgan fingerprint density at radius 3 is 2.60 bits per heavy atom. The van der Waals surface area contributed by atoms with Crippen LogP contribution >= 0.6 is 0 Å². The van der Waals surface area contributed by atoms with Gasteiger partial charge >= 0.3 is 0 Å². The first kappa shape index (κ1) is 12.5. The monoisotopic (exact) mass is 212 g/mol. The largest absolute Gasteiger partial charge is 0.342 e. The van der Waals surface area contributed by atoms with Crippen LogP contribution in [0, 0.1) is 11.8 Å². The fourth-order valence-electron chi connectivity index (χ4n) is 2.00. The quantitative estimate of drug-likeness (QED) is 0.756. The maximum atomic E-state index is 12.0. The van der Waals surface area contributed by atoms with Crippen molar-refractivity contribution in [3.63, 3.8) is 0 Å². The summed E-state index contributed by atoms with van der Waals surface area (Å²) in [6.45, 7) is 7.94. The third kappa shape index (κ3) is 3.49. The van der Waals surface area contributed by atoms with Crippen molar-refractivity contribution < 1.29 is 4.79 Å². The normalized spacial score (nSPS) is 26.9. The van der Waals surface area contributed by atoms with E-state index >= 15 is 0 Å². The summed E-state index contributed by atoms with van der Waals surface area (Å²) in [5.41, 5.74) is 5.76. The smallest absolute Gasteiger partial charge is 0.226 e. The summed E-state index contributed by atoms with van der Waals surface area (Å²) in [7, 11) is 0. The summed E-state index contributed by atoms with van der Waals surface area (Å²) < 4.78 is 0. The van der Waals surface area contributed by atoms with Gasteiger partial charge in [0.15, 0.2) is 0 Å². The second-order valence-corrected chi connectivity index (χ2v) is 5.01. The summed E-state index contributed by atoms with van der Waals surface area (Å²) in [6, 6.07) is -0.0434. The van der Waals surface area contributed by atoms with Gasteiger partial charge < -0.3 is 10.6 Å². The molecule has 0 aromatic heterocycles. The topological polar surface area (TPSA) is 46.3 Å². The Bertz CT molecular complexity index is 216. The van der Waals surface area contributed by atoms with Gasteiger partial charge in [-0.05, 0) is 32.1 Å². The van der Waals surface area contributed by atoms with Gasteiger partial charge in [-0.3, -0.25) is 4.79 Å². The Morgan fingerprint density at radius 2 is 2.00 bits per heavy atom. The third-order valence-corrected chi connectivity index (χ3v) is 3.51. The zero-order chi connectivity index (χ0) is 11.4. The van der Waals surface area contributed by atoms with E-state index in [9.17, 15) is 4.79 Å². The molecule has 1 heterocycles. The summed E-state index contributed by atoms with van der Waals surface area (Å²) in [5.74, 6) is 0.950. The number of carbonyl (C=O) groups is 1. The Labute approximate surface area is 93.0 Å². The summed E-state index contributed by atoms with van der Waals surface area (Å²) in [4.78, 5) is 14.0. The Hall–Kier alpha value is -0.570. The number of rotatable bonds is 2.